The number of H-pyrrole nitrogens is 1. The van der Waals surface area contributed by atoms with Crippen LogP contribution in [0.4, 0.5) is 8.78 Å². The predicted molar refractivity (Wildman–Crippen MR) is 113 cm³/mol. The van der Waals surface area contributed by atoms with Crippen LogP contribution in [0.3, 0.4) is 0 Å². The number of rotatable bonds is 6. The van der Waals surface area contributed by atoms with Crippen molar-refractivity contribution in [2.24, 2.45) is 13.0 Å². The zero-order valence-electron chi connectivity index (χ0n) is 17.5. The zero-order chi connectivity index (χ0) is 20.5. The third-order valence-electron chi connectivity index (χ3n) is 6.50. The van der Waals surface area contributed by atoms with E-state index in [9.17, 15) is 8.78 Å². The Kier molecular flexibility index (Phi) is 5.72. The van der Waals surface area contributed by atoms with Crippen LogP contribution in [-0.4, -0.2) is 45.7 Å². The number of aryl methyl sites for hydroxylation is 3. The van der Waals surface area contributed by atoms with E-state index in [1.165, 1.54) is 33.2 Å². The Hall–Kier alpha value is -2.21. The van der Waals surface area contributed by atoms with Gasteiger partial charge in [-0.05, 0) is 67.5 Å². The van der Waals surface area contributed by atoms with Crippen LogP contribution in [0.5, 0.6) is 0 Å². The SMILES string of the molecule is Cc1cc(C)c2[nH]ccc2c1CC1CCN(CCC(F)F)CC1c1cnn(C)c1. The molecule has 3 aromatic rings. The molecular weight excluding hydrogens is 370 g/mol. The highest BCUT2D eigenvalue weighted by atomic mass is 19.3. The molecule has 1 aliphatic heterocycles. The van der Waals surface area contributed by atoms with Crippen molar-refractivity contribution in [3.8, 4) is 0 Å². The molecule has 0 aliphatic carbocycles. The smallest absolute Gasteiger partial charge is 0.239 e. The third-order valence-corrected chi connectivity index (χ3v) is 6.50. The number of benzene rings is 1. The van der Waals surface area contributed by atoms with Crippen LogP contribution in [0.15, 0.2) is 30.7 Å². The van der Waals surface area contributed by atoms with E-state index >= 15 is 0 Å². The molecule has 0 amide bonds. The fraction of sp³-hybridized carbons (Fsp3) is 0.522. The summed E-state index contributed by atoms with van der Waals surface area (Å²) in [6.45, 7) is 6.52. The van der Waals surface area contributed by atoms with Gasteiger partial charge < -0.3 is 9.88 Å². The Morgan fingerprint density at radius 1 is 1.28 bits per heavy atom. The number of likely N-dealkylation sites (tertiary alicyclic amines) is 1. The van der Waals surface area contributed by atoms with Crippen molar-refractivity contribution in [1.29, 1.82) is 0 Å². The minimum absolute atomic E-state index is 0.0501. The van der Waals surface area contributed by atoms with Crippen molar-refractivity contribution in [3.63, 3.8) is 0 Å². The van der Waals surface area contributed by atoms with E-state index in [2.05, 4.69) is 47.2 Å². The van der Waals surface area contributed by atoms with Gasteiger partial charge in [-0.2, -0.15) is 5.10 Å². The van der Waals surface area contributed by atoms with E-state index < -0.39 is 6.43 Å². The summed E-state index contributed by atoms with van der Waals surface area (Å²) in [7, 11) is 1.93. The van der Waals surface area contributed by atoms with Gasteiger partial charge in [-0.1, -0.05) is 6.07 Å². The van der Waals surface area contributed by atoms with Crippen molar-refractivity contribution >= 4 is 10.9 Å². The molecular formula is C23H30F2N4. The van der Waals surface area contributed by atoms with E-state index in [0.29, 0.717) is 18.4 Å². The summed E-state index contributed by atoms with van der Waals surface area (Å²) < 4.78 is 27.3. The van der Waals surface area contributed by atoms with Crippen LogP contribution in [0.2, 0.25) is 0 Å². The number of nitrogens with zero attached hydrogens (tertiary/aromatic N) is 3. The van der Waals surface area contributed by atoms with Crippen molar-refractivity contribution < 1.29 is 8.78 Å². The molecule has 29 heavy (non-hydrogen) atoms. The minimum Gasteiger partial charge on any atom is -0.361 e. The number of hydrogen-bond acceptors (Lipinski definition) is 2. The molecule has 3 heterocycles. The first kappa shape index (κ1) is 20.1. The predicted octanol–water partition coefficient (Wildman–Crippen LogP) is 4.82. The van der Waals surface area contributed by atoms with Crippen LogP contribution in [0.25, 0.3) is 10.9 Å². The molecule has 1 aliphatic rings. The van der Waals surface area contributed by atoms with Gasteiger partial charge in [-0.15, -0.1) is 0 Å². The maximum Gasteiger partial charge on any atom is 0.239 e. The first-order valence-corrected chi connectivity index (χ1v) is 10.5. The van der Waals surface area contributed by atoms with Gasteiger partial charge >= 0.3 is 0 Å². The van der Waals surface area contributed by atoms with Gasteiger partial charge in [0.1, 0.15) is 0 Å². The number of nitrogens with one attached hydrogen (secondary N) is 1. The maximum absolute atomic E-state index is 12.7. The van der Waals surface area contributed by atoms with E-state index in [1.807, 2.05) is 24.1 Å². The van der Waals surface area contributed by atoms with Gasteiger partial charge in [0.2, 0.25) is 6.43 Å². The fourth-order valence-corrected chi connectivity index (χ4v) is 4.98. The molecule has 2 aromatic heterocycles. The Morgan fingerprint density at radius 2 is 2.10 bits per heavy atom. The van der Waals surface area contributed by atoms with Crippen molar-refractivity contribution in [3.05, 3.63) is 53.0 Å². The molecule has 6 heteroatoms. The monoisotopic (exact) mass is 400 g/mol. The number of fused-ring (bicyclic) bond motifs is 1. The van der Waals surface area contributed by atoms with E-state index in [1.54, 1.807) is 0 Å². The molecule has 0 saturated carbocycles. The van der Waals surface area contributed by atoms with Crippen LogP contribution >= 0.6 is 0 Å². The van der Waals surface area contributed by atoms with Crippen LogP contribution < -0.4 is 0 Å². The highest BCUT2D eigenvalue weighted by Crippen LogP contribution is 2.37. The Balaban J connectivity index is 1.61. The van der Waals surface area contributed by atoms with E-state index in [4.69, 9.17) is 0 Å². The normalized spacial score (nSPS) is 20.8. The molecule has 1 aromatic carbocycles. The first-order chi connectivity index (χ1) is 13.9. The summed E-state index contributed by atoms with van der Waals surface area (Å²) in [5.74, 6) is 0.784. The van der Waals surface area contributed by atoms with Gasteiger partial charge in [0, 0.05) is 55.8 Å². The zero-order valence-corrected chi connectivity index (χ0v) is 17.5. The van der Waals surface area contributed by atoms with E-state index in [0.717, 1.165) is 25.9 Å². The fourth-order valence-electron chi connectivity index (χ4n) is 4.98. The van der Waals surface area contributed by atoms with Gasteiger partial charge in [0.25, 0.3) is 0 Å². The lowest BCUT2D eigenvalue weighted by Crippen LogP contribution is -2.40. The average molecular weight is 401 g/mol. The third kappa shape index (κ3) is 4.22. The summed E-state index contributed by atoms with van der Waals surface area (Å²) in [4.78, 5) is 5.58. The number of aromatic nitrogens is 3. The molecule has 0 spiro atoms. The Morgan fingerprint density at radius 3 is 2.83 bits per heavy atom. The summed E-state index contributed by atoms with van der Waals surface area (Å²) in [6, 6.07) is 4.45. The number of hydrogen-bond donors (Lipinski definition) is 1. The summed E-state index contributed by atoms with van der Waals surface area (Å²) in [5.41, 5.74) is 6.45. The number of aromatic amines is 1. The molecule has 1 N–H and O–H groups in total. The average Bonchev–Trinajstić information content (AvgIpc) is 3.33. The second-order valence-corrected chi connectivity index (χ2v) is 8.54. The summed E-state index contributed by atoms with van der Waals surface area (Å²) in [6.07, 6.45) is 5.79. The van der Waals surface area contributed by atoms with Crippen LogP contribution in [0.1, 0.15) is 41.0 Å². The van der Waals surface area contributed by atoms with Gasteiger partial charge in [0.15, 0.2) is 0 Å². The number of alkyl halides is 2. The molecule has 1 saturated heterocycles. The lowest BCUT2D eigenvalue weighted by Gasteiger charge is -2.39. The first-order valence-electron chi connectivity index (χ1n) is 10.5. The molecule has 4 nitrogen and oxygen atoms in total. The van der Waals surface area contributed by atoms with Crippen molar-refractivity contribution in [2.45, 2.75) is 45.5 Å². The Labute approximate surface area is 170 Å². The molecule has 2 atom stereocenters. The molecule has 156 valence electrons. The molecule has 2 unspecified atom stereocenters. The van der Waals surface area contributed by atoms with Crippen molar-refractivity contribution in [2.75, 3.05) is 19.6 Å². The number of piperidine rings is 1. The molecule has 1 fully saturated rings. The maximum atomic E-state index is 12.7. The van der Waals surface area contributed by atoms with Crippen molar-refractivity contribution in [1.82, 2.24) is 19.7 Å². The van der Waals surface area contributed by atoms with Gasteiger partial charge in [0.05, 0.1) is 6.20 Å². The van der Waals surface area contributed by atoms with E-state index in [-0.39, 0.29) is 6.42 Å². The molecule has 0 bridgehead atoms. The minimum atomic E-state index is -2.23. The standard InChI is InChI=1S/C23H30F2N4/c1-15-10-16(2)23-19(4-7-26-23)20(15)11-17-5-8-29(9-6-22(24)25)14-21(17)18-12-27-28(3)13-18/h4,7,10,12-13,17,21-22,26H,5-6,8-9,11,14H2,1-3H3. The molecule has 0 radical (unpaired) electrons. The number of halogens is 2. The van der Waals surface area contributed by atoms with Gasteiger partial charge in [-0.25, -0.2) is 8.78 Å². The second kappa shape index (κ2) is 8.27. The lowest BCUT2D eigenvalue weighted by molar-refractivity contribution is 0.0957. The lowest BCUT2D eigenvalue weighted by atomic mass is 9.77. The topological polar surface area (TPSA) is 36.9 Å². The summed E-state index contributed by atoms with van der Waals surface area (Å²) in [5, 5.41) is 5.69. The van der Waals surface area contributed by atoms with Crippen LogP contribution in [-0.2, 0) is 13.5 Å². The second-order valence-electron chi connectivity index (χ2n) is 8.54. The molecule has 4 rings (SSSR count). The van der Waals surface area contributed by atoms with Crippen LogP contribution in [0, 0.1) is 19.8 Å². The Bertz CT molecular complexity index is 975. The highest BCUT2D eigenvalue weighted by molar-refractivity contribution is 5.87. The highest BCUT2D eigenvalue weighted by Gasteiger charge is 2.32. The van der Waals surface area contributed by atoms with Gasteiger partial charge in [-0.3, -0.25) is 4.68 Å². The quantitative estimate of drug-likeness (QED) is 0.644. The largest absolute Gasteiger partial charge is 0.361 e. The summed E-state index contributed by atoms with van der Waals surface area (Å²) >= 11 is 0.